The Morgan fingerprint density at radius 3 is 2.67 bits per heavy atom. The molecule has 3 nitrogen and oxygen atoms in total. The van der Waals surface area contributed by atoms with E-state index < -0.39 is 6.17 Å². The smallest absolute Gasteiger partial charge is 0.131 e. The molecule has 0 N–H and O–H groups in total. The third kappa shape index (κ3) is 5.85. The van der Waals surface area contributed by atoms with E-state index >= 15 is 0 Å². The highest BCUT2D eigenvalue weighted by Gasteiger charge is 2.01. The maximum Gasteiger partial charge on any atom is 0.131 e. The molecule has 1 aromatic heterocycles. The third-order valence-electron chi connectivity index (χ3n) is 3.29. The third-order valence-corrected chi connectivity index (χ3v) is 3.29. The van der Waals surface area contributed by atoms with Crippen molar-refractivity contribution >= 4 is 0 Å². The minimum Gasteiger partial charge on any atom is -0.490 e. The van der Waals surface area contributed by atoms with E-state index in [1.807, 2.05) is 24.3 Å². The van der Waals surface area contributed by atoms with Crippen molar-refractivity contribution in [3.8, 4) is 28.8 Å². The van der Waals surface area contributed by atoms with Crippen LogP contribution in [0.15, 0.2) is 49.3 Å². The van der Waals surface area contributed by atoms with Gasteiger partial charge in [0.2, 0.25) is 0 Å². The maximum absolute atomic E-state index is 12.7. The Balaban J connectivity index is 1.94. The van der Waals surface area contributed by atoms with E-state index in [2.05, 4.69) is 28.4 Å². The molecule has 4 heteroatoms. The quantitative estimate of drug-likeness (QED) is 0.424. The largest absolute Gasteiger partial charge is 0.490 e. The number of hydrogen-bond donors (Lipinski definition) is 0. The molecule has 0 saturated carbocycles. The number of benzene rings is 1. The first-order valence-electron chi connectivity index (χ1n) is 7.98. The van der Waals surface area contributed by atoms with Gasteiger partial charge in [-0.15, -0.1) is 0 Å². The van der Waals surface area contributed by atoms with Crippen LogP contribution in [-0.2, 0) is 0 Å². The molecular formula is C20H21FN2O. The Hall–Kier alpha value is -2.67. The van der Waals surface area contributed by atoms with Gasteiger partial charge in [-0.1, -0.05) is 18.6 Å². The SMILES string of the molecule is C=CCOc1ccc(-c2cnc(C#CCCCC(C)F)cn2)cc1. The minimum absolute atomic E-state index is 0.483. The number of halogens is 1. The fraction of sp³-hybridized carbons (Fsp3) is 0.300. The molecule has 1 heterocycles. The van der Waals surface area contributed by atoms with Crippen molar-refractivity contribution in [1.82, 2.24) is 9.97 Å². The molecule has 0 radical (unpaired) electrons. The molecule has 1 aromatic carbocycles. The summed E-state index contributed by atoms with van der Waals surface area (Å²) in [5, 5.41) is 0. The Bertz CT molecular complexity index is 697. The van der Waals surface area contributed by atoms with Gasteiger partial charge in [0.25, 0.3) is 0 Å². The lowest BCUT2D eigenvalue weighted by atomic mass is 10.1. The number of unbranched alkanes of at least 4 members (excludes halogenated alkanes) is 1. The minimum atomic E-state index is -0.764. The average Bonchev–Trinajstić information content (AvgIpc) is 2.60. The van der Waals surface area contributed by atoms with E-state index in [0.717, 1.165) is 23.4 Å². The van der Waals surface area contributed by atoms with E-state index in [-0.39, 0.29) is 0 Å². The van der Waals surface area contributed by atoms with Gasteiger partial charge in [0.05, 0.1) is 24.3 Å². The lowest BCUT2D eigenvalue weighted by molar-refractivity contribution is 0.336. The molecular weight excluding hydrogens is 303 g/mol. The molecule has 0 spiro atoms. The van der Waals surface area contributed by atoms with Crippen LogP contribution in [0.25, 0.3) is 11.3 Å². The topological polar surface area (TPSA) is 35.0 Å². The normalized spacial score (nSPS) is 11.2. The van der Waals surface area contributed by atoms with Crippen molar-refractivity contribution in [2.75, 3.05) is 6.61 Å². The number of ether oxygens (including phenoxy) is 1. The molecule has 0 aliphatic heterocycles. The second-order valence-electron chi connectivity index (χ2n) is 5.39. The molecule has 1 unspecified atom stereocenters. The van der Waals surface area contributed by atoms with Crippen LogP contribution in [0.3, 0.4) is 0 Å². The summed E-state index contributed by atoms with van der Waals surface area (Å²) in [6, 6.07) is 7.65. The molecule has 2 aromatic rings. The van der Waals surface area contributed by atoms with E-state index in [9.17, 15) is 4.39 Å². The van der Waals surface area contributed by atoms with Gasteiger partial charge in [-0.2, -0.15) is 0 Å². The van der Waals surface area contributed by atoms with Crippen molar-refractivity contribution in [3.05, 3.63) is 55.0 Å². The van der Waals surface area contributed by atoms with Gasteiger partial charge < -0.3 is 4.74 Å². The Morgan fingerprint density at radius 1 is 1.25 bits per heavy atom. The summed E-state index contributed by atoms with van der Waals surface area (Å²) < 4.78 is 18.1. The average molecular weight is 324 g/mol. The predicted octanol–water partition coefficient (Wildman–Crippen LogP) is 4.59. The summed E-state index contributed by atoms with van der Waals surface area (Å²) in [5.74, 6) is 6.74. The highest BCUT2D eigenvalue weighted by Crippen LogP contribution is 2.20. The van der Waals surface area contributed by atoms with Crippen LogP contribution in [0, 0.1) is 11.8 Å². The summed E-state index contributed by atoms with van der Waals surface area (Å²) in [7, 11) is 0. The lowest BCUT2D eigenvalue weighted by Crippen LogP contribution is -1.93. The van der Waals surface area contributed by atoms with Crippen molar-refractivity contribution in [1.29, 1.82) is 0 Å². The van der Waals surface area contributed by atoms with E-state index in [1.165, 1.54) is 0 Å². The molecule has 0 saturated heterocycles. The van der Waals surface area contributed by atoms with Crippen molar-refractivity contribution in [2.24, 2.45) is 0 Å². The van der Waals surface area contributed by atoms with E-state index in [0.29, 0.717) is 25.1 Å². The zero-order valence-corrected chi connectivity index (χ0v) is 13.8. The fourth-order valence-corrected chi connectivity index (χ4v) is 2.04. The fourth-order valence-electron chi connectivity index (χ4n) is 2.04. The first kappa shape index (κ1) is 17.7. The van der Waals surface area contributed by atoms with Crippen molar-refractivity contribution in [3.63, 3.8) is 0 Å². The molecule has 24 heavy (non-hydrogen) atoms. The first-order valence-corrected chi connectivity index (χ1v) is 7.98. The van der Waals surface area contributed by atoms with E-state index in [1.54, 1.807) is 25.4 Å². The molecule has 1 atom stereocenters. The Kier molecular flexibility index (Phi) is 6.97. The molecule has 124 valence electrons. The zero-order valence-electron chi connectivity index (χ0n) is 13.8. The van der Waals surface area contributed by atoms with Crippen LogP contribution >= 0.6 is 0 Å². The number of aromatic nitrogens is 2. The van der Waals surface area contributed by atoms with Gasteiger partial charge in [0, 0.05) is 12.0 Å². The van der Waals surface area contributed by atoms with Gasteiger partial charge >= 0.3 is 0 Å². The van der Waals surface area contributed by atoms with Gasteiger partial charge in [0.15, 0.2) is 0 Å². The Labute approximate surface area is 142 Å². The van der Waals surface area contributed by atoms with Crippen molar-refractivity contribution in [2.45, 2.75) is 32.4 Å². The van der Waals surface area contributed by atoms with Crippen LogP contribution in [-0.4, -0.2) is 22.7 Å². The summed E-state index contributed by atoms with van der Waals surface area (Å²) in [6.45, 7) is 5.67. The molecule has 2 rings (SSSR count). The second-order valence-corrected chi connectivity index (χ2v) is 5.39. The predicted molar refractivity (Wildman–Crippen MR) is 94.5 cm³/mol. The van der Waals surface area contributed by atoms with Gasteiger partial charge in [-0.3, -0.25) is 4.98 Å². The molecule has 0 aliphatic carbocycles. The van der Waals surface area contributed by atoms with Crippen LogP contribution in [0.5, 0.6) is 5.75 Å². The van der Waals surface area contributed by atoms with Crippen molar-refractivity contribution < 1.29 is 9.13 Å². The zero-order chi connectivity index (χ0) is 17.2. The monoisotopic (exact) mass is 324 g/mol. The first-order chi connectivity index (χ1) is 11.7. The highest BCUT2D eigenvalue weighted by molar-refractivity contribution is 5.59. The Morgan fingerprint density at radius 2 is 2.04 bits per heavy atom. The number of nitrogens with zero attached hydrogens (tertiary/aromatic N) is 2. The van der Waals surface area contributed by atoms with Crippen LogP contribution in [0.4, 0.5) is 4.39 Å². The maximum atomic E-state index is 12.7. The molecule has 0 fully saturated rings. The van der Waals surface area contributed by atoms with Gasteiger partial charge in [0.1, 0.15) is 18.1 Å². The summed E-state index contributed by atoms with van der Waals surface area (Å²) in [6.07, 6.45) is 6.28. The van der Waals surface area contributed by atoms with Gasteiger partial charge in [-0.25, -0.2) is 9.37 Å². The summed E-state index contributed by atoms with van der Waals surface area (Å²) >= 11 is 0. The van der Waals surface area contributed by atoms with Crippen LogP contribution < -0.4 is 4.74 Å². The van der Waals surface area contributed by atoms with E-state index in [4.69, 9.17) is 4.74 Å². The number of hydrogen-bond acceptors (Lipinski definition) is 3. The highest BCUT2D eigenvalue weighted by atomic mass is 19.1. The standard InChI is InChI=1S/C20H21FN2O/c1-3-13-24-19-11-9-17(10-12-19)20-15-22-18(14-23-20)8-6-4-5-7-16(2)21/h3,9-12,14-16H,1,4-5,7,13H2,2H3. The van der Waals surface area contributed by atoms with Crippen LogP contribution in [0.1, 0.15) is 31.9 Å². The van der Waals surface area contributed by atoms with Gasteiger partial charge in [-0.05, 0) is 50.0 Å². The number of alkyl halides is 1. The second kappa shape index (κ2) is 9.46. The molecule has 0 amide bonds. The summed E-state index contributed by atoms with van der Waals surface area (Å²) in [4.78, 5) is 8.69. The molecule has 0 aliphatic rings. The summed E-state index contributed by atoms with van der Waals surface area (Å²) in [5.41, 5.74) is 2.37. The molecule has 0 bridgehead atoms. The van der Waals surface area contributed by atoms with Crippen LogP contribution in [0.2, 0.25) is 0 Å². The number of rotatable bonds is 7. The lowest BCUT2D eigenvalue weighted by Gasteiger charge is -2.04.